The molecule has 0 aliphatic carbocycles. The largest absolute Gasteiger partial charge is 0.422 e. The van der Waals surface area contributed by atoms with Gasteiger partial charge in [-0.3, -0.25) is 4.79 Å². The molecule has 1 amide bonds. The molecule has 23 heavy (non-hydrogen) atoms. The van der Waals surface area contributed by atoms with Crippen LogP contribution in [0.2, 0.25) is 0 Å². The standard InChI is InChI=1S/C17H17N3O3/c1-11(2)10-20-15(7-8-18-20)19-16(21)13-9-12-5-3-4-6-14(12)23-17(13)22/h3-9,11H,10H2,1-2H3,(H,19,21). The molecule has 2 aromatic heterocycles. The number of carbonyl (C=O) groups is 1. The minimum atomic E-state index is -0.656. The Morgan fingerprint density at radius 3 is 2.87 bits per heavy atom. The number of benzene rings is 1. The summed E-state index contributed by atoms with van der Waals surface area (Å²) < 4.78 is 6.89. The van der Waals surface area contributed by atoms with Crippen LogP contribution in [0.5, 0.6) is 0 Å². The lowest BCUT2D eigenvalue weighted by molar-refractivity contribution is 0.102. The highest BCUT2D eigenvalue weighted by Gasteiger charge is 2.15. The van der Waals surface area contributed by atoms with E-state index in [9.17, 15) is 9.59 Å². The molecule has 0 saturated heterocycles. The molecular formula is C17H17N3O3. The van der Waals surface area contributed by atoms with E-state index in [4.69, 9.17) is 4.42 Å². The Balaban J connectivity index is 1.91. The van der Waals surface area contributed by atoms with Crippen molar-refractivity contribution in [3.05, 3.63) is 58.6 Å². The predicted molar refractivity (Wildman–Crippen MR) is 87.5 cm³/mol. The van der Waals surface area contributed by atoms with Crippen LogP contribution in [0.15, 0.2) is 51.8 Å². The molecule has 0 aliphatic rings. The van der Waals surface area contributed by atoms with Crippen molar-refractivity contribution in [1.29, 1.82) is 0 Å². The summed E-state index contributed by atoms with van der Waals surface area (Å²) in [4.78, 5) is 24.4. The Bertz CT molecular complexity index is 909. The van der Waals surface area contributed by atoms with Gasteiger partial charge in [0, 0.05) is 18.0 Å². The van der Waals surface area contributed by atoms with Gasteiger partial charge >= 0.3 is 5.63 Å². The molecular weight excluding hydrogens is 294 g/mol. The molecule has 0 spiro atoms. The summed E-state index contributed by atoms with van der Waals surface area (Å²) in [7, 11) is 0. The number of amides is 1. The van der Waals surface area contributed by atoms with Gasteiger partial charge in [0.2, 0.25) is 0 Å². The normalized spacial score (nSPS) is 11.1. The fraction of sp³-hybridized carbons (Fsp3) is 0.235. The fourth-order valence-corrected chi connectivity index (χ4v) is 2.33. The molecule has 1 aromatic carbocycles. The second kappa shape index (κ2) is 6.08. The maximum atomic E-state index is 12.4. The van der Waals surface area contributed by atoms with Crippen LogP contribution >= 0.6 is 0 Å². The van der Waals surface area contributed by atoms with Crippen LogP contribution in [0.1, 0.15) is 24.2 Å². The van der Waals surface area contributed by atoms with Gasteiger partial charge in [-0.05, 0) is 18.1 Å². The first-order chi connectivity index (χ1) is 11.0. The molecule has 0 aliphatic heterocycles. The number of carbonyl (C=O) groups excluding carboxylic acids is 1. The van der Waals surface area contributed by atoms with E-state index in [1.807, 2.05) is 6.07 Å². The second-order valence-corrected chi connectivity index (χ2v) is 5.73. The van der Waals surface area contributed by atoms with E-state index in [0.29, 0.717) is 29.2 Å². The highest BCUT2D eigenvalue weighted by Crippen LogP contribution is 2.14. The van der Waals surface area contributed by atoms with E-state index in [0.717, 1.165) is 0 Å². The Labute approximate surface area is 132 Å². The molecule has 3 aromatic rings. The maximum absolute atomic E-state index is 12.4. The highest BCUT2D eigenvalue weighted by molar-refractivity contribution is 6.05. The highest BCUT2D eigenvalue weighted by atomic mass is 16.4. The lowest BCUT2D eigenvalue weighted by Gasteiger charge is -2.10. The zero-order chi connectivity index (χ0) is 16.4. The van der Waals surface area contributed by atoms with Gasteiger partial charge in [-0.2, -0.15) is 5.10 Å². The number of fused-ring (bicyclic) bond motifs is 1. The number of para-hydroxylation sites is 1. The van der Waals surface area contributed by atoms with Crippen LogP contribution in [0, 0.1) is 5.92 Å². The molecule has 118 valence electrons. The van der Waals surface area contributed by atoms with Gasteiger partial charge in [-0.1, -0.05) is 32.0 Å². The molecule has 0 radical (unpaired) electrons. The Morgan fingerprint density at radius 1 is 1.30 bits per heavy atom. The molecule has 0 saturated carbocycles. The SMILES string of the molecule is CC(C)Cn1nccc1NC(=O)c1cc2ccccc2oc1=O. The average Bonchev–Trinajstić information content (AvgIpc) is 2.92. The van der Waals surface area contributed by atoms with Gasteiger partial charge in [0.05, 0.1) is 6.20 Å². The summed E-state index contributed by atoms with van der Waals surface area (Å²) in [5.41, 5.74) is -0.226. The topological polar surface area (TPSA) is 77.1 Å². The summed E-state index contributed by atoms with van der Waals surface area (Å²) in [6.07, 6.45) is 1.61. The predicted octanol–water partition coefficient (Wildman–Crippen LogP) is 2.90. The first kappa shape index (κ1) is 15.0. The van der Waals surface area contributed by atoms with Crippen LogP contribution in [0.4, 0.5) is 5.82 Å². The van der Waals surface area contributed by atoms with Gasteiger partial charge in [-0.15, -0.1) is 0 Å². The number of rotatable bonds is 4. The number of hydrogen-bond donors (Lipinski definition) is 1. The molecule has 6 heteroatoms. The molecule has 0 fully saturated rings. The molecule has 0 unspecified atom stereocenters. The van der Waals surface area contributed by atoms with Crippen molar-refractivity contribution in [2.75, 3.05) is 5.32 Å². The van der Waals surface area contributed by atoms with E-state index < -0.39 is 11.5 Å². The number of nitrogens with one attached hydrogen (secondary N) is 1. The number of aromatic nitrogens is 2. The quantitative estimate of drug-likeness (QED) is 0.752. The first-order valence-corrected chi connectivity index (χ1v) is 7.40. The summed E-state index contributed by atoms with van der Waals surface area (Å²) in [6.45, 7) is 4.80. The summed E-state index contributed by atoms with van der Waals surface area (Å²) >= 11 is 0. The zero-order valence-electron chi connectivity index (χ0n) is 12.9. The third-order valence-corrected chi connectivity index (χ3v) is 3.38. The van der Waals surface area contributed by atoms with Gasteiger partial charge in [0.1, 0.15) is 17.0 Å². The van der Waals surface area contributed by atoms with Crippen molar-refractivity contribution in [3.8, 4) is 0 Å². The van der Waals surface area contributed by atoms with E-state index in [-0.39, 0.29) is 5.56 Å². The van der Waals surface area contributed by atoms with Crippen molar-refractivity contribution in [3.63, 3.8) is 0 Å². The van der Waals surface area contributed by atoms with Crippen LogP contribution in [-0.2, 0) is 6.54 Å². The summed E-state index contributed by atoms with van der Waals surface area (Å²) in [5.74, 6) is 0.433. The minimum absolute atomic E-state index is 0.0269. The lowest BCUT2D eigenvalue weighted by Crippen LogP contribution is -2.22. The van der Waals surface area contributed by atoms with E-state index in [1.54, 1.807) is 41.2 Å². The van der Waals surface area contributed by atoms with Crippen LogP contribution in [0.3, 0.4) is 0 Å². The van der Waals surface area contributed by atoms with E-state index in [1.165, 1.54) is 0 Å². The molecule has 0 bridgehead atoms. The third kappa shape index (κ3) is 3.15. The molecule has 0 atom stereocenters. The smallest absolute Gasteiger partial charge is 0.349 e. The number of hydrogen-bond acceptors (Lipinski definition) is 4. The summed E-state index contributed by atoms with van der Waals surface area (Å²) in [6, 6.07) is 10.3. The van der Waals surface area contributed by atoms with Crippen LogP contribution < -0.4 is 10.9 Å². The molecule has 6 nitrogen and oxygen atoms in total. The van der Waals surface area contributed by atoms with Crippen LogP contribution in [-0.4, -0.2) is 15.7 Å². The van der Waals surface area contributed by atoms with Gasteiger partial charge < -0.3 is 9.73 Å². The Kier molecular flexibility index (Phi) is 3.97. The van der Waals surface area contributed by atoms with Gasteiger partial charge in [-0.25, -0.2) is 9.48 Å². The summed E-state index contributed by atoms with van der Waals surface area (Å²) in [5, 5.41) is 7.60. The van der Waals surface area contributed by atoms with E-state index in [2.05, 4.69) is 24.3 Å². The first-order valence-electron chi connectivity index (χ1n) is 7.40. The number of anilines is 1. The van der Waals surface area contributed by atoms with Crippen molar-refractivity contribution in [1.82, 2.24) is 9.78 Å². The molecule has 3 rings (SSSR count). The van der Waals surface area contributed by atoms with Crippen molar-refractivity contribution in [2.24, 2.45) is 5.92 Å². The zero-order valence-corrected chi connectivity index (χ0v) is 12.9. The second-order valence-electron chi connectivity index (χ2n) is 5.73. The van der Waals surface area contributed by atoms with Gasteiger partial charge in [0.25, 0.3) is 5.91 Å². The molecule has 1 N–H and O–H groups in total. The van der Waals surface area contributed by atoms with Crippen molar-refractivity contribution >= 4 is 22.7 Å². The third-order valence-electron chi connectivity index (χ3n) is 3.38. The van der Waals surface area contributed by atoms with Crippen molar-refractivity contribution in [2.45, 2.75) is 20.4 Å². The van der Waals surface area contributed by atoms with Crippen molar-refractivity contribution < 1.29 is 9.21 Å². The Morgan fingerprint density at radius 2 is 2.09 bits per heavy atom. The average molecular weight is 311 g/mol. The number of nitrogens with zero attached hydrogens (tertiary/aromatic N) is 2. The van der Waals surface area contributed by atoms with Crippen LogP contribution in [0.25, 0.3) is 11.0 Å². The lowest BCUT2D eigenvalue weighted by atomic mass is 10.2. The maximum Gasteiger partial charge on any atom is 0.349 e. The monoisotopic (exact) mass is 311 g/mol. The van der Waals surface area contributed by atoms with E-state index >= 15 is 0 Å². The Hall–Kier alpha value is -2.89. The fourth-order valence-electron chi connectivity index (χ4n) is 2.33. The minimum Gasteiger partial charge on any atom is -0.422 e. The van der Waals surface area contributed by atoms with Gasteiger partial charge in [0.15, 0.2) is 0 Å². The molecule has 2 heterocycles.